The van der Waals surface area contributed by atoms with Crippen molar-refractivity contribution in [2.75, 3.05) is 6.26 Å². The summed E-state index contributed by atoms with van der Waals surface area (Å²) in [7, 11) is 0. The van der Waals surface area contributed by atoms with Gasteiger partial charge in [-0.1, -0.05) is 28.4 Å². The van der Waals surface area contributed by atoms with Gasteiger partial charge in [0, 0.05) is 18.0 Å². The zero-order valence-corrected chi connectivity index (χ0v) is 14.1. The molecule has 0 atom stereocenters. The van der Waals surface area contributed by atoms with Crippen molar-refractivity contribution in [3.05, 3.63) is 52.9 Å². The van der Waals surface area contributed by atoms with E-state index in [1.165, 1.54) is 23.9 Å². The molecule has 0 amide bonds. The van der Waals surface area contributed by atoms with Crippen molar-refractivity contribution in [2.45, 2.75) is 11.8 Å². The Hall–Kier alpha value is -2.39. The molecule has 0 spiro atoms. The average Bonchev–Trinajstić information content (AvgIpc) is 3.11. The highest BCUT2D eigenvalue weighted by atomic mass is 32.2. The SMILES string of the molecule is CSc1ncc(-c2nnsc2C(=O)OCc2ccc(F)cc2)cn1. The van der Waals surface area contributed by atoms with Crippen molar-refractivity contribution in [2.24, 2.45) is 0 Å². The predicted octanol–water partition coefficient (Wildman–Crippen LogP) is 3.21. The molecule has 9 heteroatoms. The third-order valence-corrected chi connectivity index (χ3v) is 4.32. The highest BCUT2D eigenvalue weighted by molar-refractivity contribution is 7.98. The largest absolute Gasteiger partial charge is 0.457 e. The Balaban J connectivity index is 1.73. The van der Waals surface area contributed by atoms with Crippen LogP contribution in [0, 0.1) is 5.82 Å². The van der Waals surface area contributed by atoms with Crippen LogP contribution in [0.15, 0.2) is 41.8 Å². The van der Waals surface area contributed by atoms with Gasteiger partial charge in [-0.3, -0.25) is 0 Å². The van der Waals surface area contributed by atoms with Gasteiger partial charge in [-0.25, -0.2) is 19.2 Å². The maximum Gasteiger partial charge on any atom is 0.352 e. The van der Waals surface area contributed by atoms with Gasteiger partial charge >= 0.3 is 5.97 Å². The molecule has 0 saturated carbocycles. The standard InChI is InChI=1S/C15H11FN4O2S2/c1-23-15-17-6-10(7-18-15)12-13(24-20-19-12)14(21)22-8-9-2-4-11(16)5-3-9/h2-7H,8H2,1H3. The highest BCUT2D eigenvalue weighted by Crippen LogP contribution is 2.24. The van der Waals surface area contributed by atoms with Crippen LogP contribution in [0.5, 0.6) is 0 Å². The Labute approximate surface area is 145 Å². The van der Waals surface area contributed by atoms with Crippen LogP contribution in [-0.4, -0.2) is 31.8 Å². The van der Waals surface area contributed by atoms with Gasteiger partial charge in [-0.05, 0) is 35.5 Å². The van der Waals surface area contributed by atoms with E-state index in [4.69, 9.17) is 4.74 Å². The third-order valence-electron chi connectivity index (χ3n) is 3.04. The van der Waals surface area contributed by atoms with Gasteiger partial charge in [0.1, 0.15) is 18.1 Å². The number of halogens is 1. The van der Waals surface area contributed by atoms with Crippen LogP contribution in [0.4, 0.5) is 4.39 Å². The fourth-order valence-electron chi connectivity index (χ4n) is 1.85. The number of benzene rings is 1. The van der Waals surface area contributed by atoms with Crippen LogP contribution in [0.3, 0.4) is 0 Å². The molecule has 0 saturated heterocycles. The molecule has 0 radical (unpaired) electrons. The fraction of sp³-hybridized carbons (Fsp3) is 0.133. The first-order valence-electron chi connectivity index (χ1n) is 6.77. The molecule has 0 bridgehead atoms. The summed E-state index contributed by atoms with van der Waals surface area (Å²) in [5.41, 5.74) is 1.67. The maximum atomic E-state index is 12.9. The molecule has 2 aromatic heterocycles. The van der Waals surface area contributed by atoms with Crippen LogP contribution in [-0.2, 0) is 11.3 Å². The number of carbonyl (C=O) groups is 1. The maximum absolute atomic E-state index is 12.9. The van der Waals surface area contributed by atoms with E-state index in [9.17, 15) is 9.18 Å². The molecular weight excluding hydrogens is 351 g/mol. The Morgan fingerprint density at radius 2 is 1.96 bits per heavy atom. The van der Waals surface area contributed by atoms with Crippen LogP contribution < -0.4 is 0 Å². The third kappa shape index (κ3) is 3.74. The summed E-state index contributed by atoms with van der Waals surface area (Å²) in [4.78, 5) is 20.8. The lowest BCUT2D eigenvalue weighted by Gasteiger charge is -2.04. The van der Waals surface area contributed by atoms with Crippen molar-refractivity contribution in [3.8, 4) is 11.3 Å². The van der Waals surface area contributed by atoms with Gasteiger partial charge in [0.05, 0.1) is 0 Å². The van der Waals surface area contributed by atoms with E-state index in [0.717, 1.165) is 11.5 Å². The molecule has 0 N–H and O–H groups in total. The number of rotatable bonds is 5. The van der Waals surface area contributed by atoms with Gasteiger partial charge in [0.2, 0.25) is 0 Å². The van der Waals surface area contributed by atoms with Crippen LogP contribution >= 0.6 is 23.3 Å². The molecule has 1 aromatic carbocycles. The summed E-state index contributed by atoms with van der Waals surface area (Å²) in [5, 5.41) is 4.59. The molecule has 0 fully saturated rings. The summed E-state index contributed by atoms with van der Waals surface area (Å²) in [6.45, 7) is 0.0400. The first kappa shape index (κ1) is 16.5. The zero-order valence-electron chi connectivity index (χ0n) is 12.5. The summed E-state index contributed by atoms with van der Waals surface area (Å²) >= 11 is 2.36. The second kappa shape index (κ2) is 7.45. The lowest BCUT2D eigenvalue weighted by Crippen LogP contribution is -2.05. The van der Waals surface area contributed by atoms with Crippen molar-refractivity contribution < 1.29 is 13.9 Å². The number of hydrogen-bond donors (Lipinski definition) is 0. The number of thioether (sulfide) groups is 1. The van der Waals surface area contributed by atoms with Crippen molar-refractivity contribution >= 4 is 29.3 Å². The smallest absolute Gasteiger partial charge is 0.352 e. The number of nitrogens with zero attached hydrogens (tertiary/aromatic N) is 4. The number of esters is 1. The summed E-state index contributed by atoms with van der Waals surface area (Å²) in [5.74, 6) is -0.883. The minimum absolute atomic E-state index is 0.0400. The molecule has 6 nitrogen and oxygen atoms in total. The second-order valence-electron chi connectivity index (χ2n) is 4.61. The van der Waals surface area contributed by atoms with Gasteiger partial charge < -0.3 is 4.74 Å². The van der Waals surface area contributed by atoms with Crippen molar-refractivity contribution in [1.82, 2.24) is 19.6 Å². The fourth-order valence-corrected chi connectivity index (χ4v) is 2.75. The molecule has 0 unspecified atom stereocenters. The van der Waals surface area contributed by atoms with Gasteiger partial charge in [0.25, 0.3) is 0 Å². The topological polar surface area (TPSA) is 77.9 Å². The predicted molar refractivity (Wildman–Crippen MR) is 88.2 cm³/mol. The summed E-state index contributed by atoms with van der Waals surface area (Å²) in [6, 6.07) is 5.74. The van der Waals surface area contributed by atoms with Crippen molar-refractivity contribution in [3.63, 3.8) is 0 Å². The van der Waals surface area contributed by atoms with E-state index in [1.807, 2.05) is 6.26 Å². The summed E-state index contributed by atoms with van der Waals surface area (Å²) < 4.78 is 21.9. The molecule has 0 aliphatic rings. The number of ether oxygens (including phenoxy) is 1. The first-order chi connectivity index (χ1) is 11.7. The number of carbonyl (C=O) groups excluding carboxylic acids is 1. The van der Waals surface area contributed by atoms with E-state index < -0.39 is 5.97 Å². The molecule has 3 rings (SSSR count). The lowest BCUT2D eigenvalue weighted by atomic mass is 10.2. The Bertz CT molecular complexity index is 837. The molecule has 2 heterocycles. The Kier molecular flexibility index (Phi) is 5.11. The lowest BCUT2D eigenvalue weighted by molar-refractivity contribution is 0.0479. The Morgan fingerprint density at radius 1 is 1.25 bits per heavy atom. The van der Waals surface area contributed by atoms with Crippen LogP contribution in [0.25, 0.3) is 11.3 Å². The average molecular weight is 362 g/mol. The molecular formula is C15H11FN4O2S2. The van der Waals surface area contributed by atoms with Crippen molar-refractivity contribution in [1.29, 1.82) is 0 Å². The van der Waals surface area contributed by atoms with Crippen LogP contribution in [0.2, 0.25) is 0 Å². The molecule has 122 valence electrons. The van der Waals surface area contributed by atoms with E-state index in [0.29, 0.717) is 22.0 Å². The number of aromatic nitrogens is 4. The summed E-state index contributed by atoms with van der Waals surface area (Å²) in [6.07, 6.45) is 5.05. The van der Waals surface area contributed by atoms with Crippen LogP contribution in [0.1, 0.15) is 15.2 Å². The highest BCUT2D eigenvalue weighted by Gasteiger charge is 2.20. The molecule has 3 aromatic rings. The van der Waals surface area contributed by atoms with E-state index in [1.54, 1.807) is 24.5 Å². The number of hydrogen-bond acceptors (Lipinski definition) is 8. The molecule has 24 heavy (non-hydrogen) atoms. The molecule has 0 aliphatic heterocycles. The van der Waals surface area contributed by atoms with Gasteiger partial charge in [-0.15, -0.1) is 5.10 Å². The minimum atomic E-state index is -0.543. The van der Waals surface area contributed by atoms with E-state index >= 15 is 0 Å². The second-order valence-corrected chi connectivity index (χ2v) is 6.14. The Morgan fingerprint density at radius 3 is 2.62 bits per heavy atom. The molecule has 0 aliphatic carbocycles. The van der Waals surface area contributed by atoms with Gasteiger partial charge in [-0.2, -0.15) is 0 Å². The van der Waals surface area contributed by atoms with E-state index in [2.05, 4.69) is 19.6 Å². The minimum Gasteiger partial charge on any atom is -0.457 e. The van der Waals surface area contributed by atoms with E-state index in [-0.39, 0.29) is 17.3 Å². The normalized spacial score (nSPS) is 10.6. The quantitative estimate of drug-likeness (QED) is 0.392. The monoisotopic (exact) mass is 362 g/mol. The zero-order chi connectivity index (χ0) is 16.9. The first-order valence-corrected chi connectivity index (χ1v) is 8.77. The van der Waals surface area contributed by atoms with Gasteiger partial charge in [0.15, 0.2) is 10.0 Å².